The van der Waals surface area contributed by atoms with Crippen LogP contribution in [0, 0.1) is 0 Å². The maximum Gasteiger partial charge on any atom is 0.267 e. The van der Waals surface area contributed by atoms with E-state index in [9.17, 15) is 9.59 Å². The third-order valence-corrected chi connectivity index (χ3v) is 4.29. The van der Waals surface area contributed by atoms with Crippen molar-refractivity contribution in [2.45, 2.75) is 0 Å². The van der Waals surface area contributed by atoms with Crippen molar-refractivity contribution in [3.05, 3.63) is 99.7 Å². The SMILES string of the molecule is Cn1nc(-c2ccccc2Oc2ccccc2)c(-c2cc[nH]c(=O)c2)cc1=O. The van der Waals surface area contributed by atoms with Gasteiger partial charge in [-0.15, -0.1) is 0 Å². The Hall–Kier alpha value is -3.93. The number of aromatic nitrogens is 3. The molecule has 6 nitrogen and oxygen atoms in total. The van der Waals surface area contributed by atoms with Gasteiger partial charge in [-0.05, 0) is 35.9 Å². The van der Waals surface area contributed by atoms with Crippen molar-refractivity contribution < 1.29 is 4.74 Å². The predicted octanol–water partition coefficient (Wildman–Crippen LogP) is 3.59. The summed E-state index contributed by atoms with van der Waals surface area (Å²) in [6.07, 6.45) is 1.55. The van der Waals surface area contributed by atoms with Crippen LogP contribution in [0.4, 0.5) is 0 Å². The zero-order valence-electron chi connectivity index (χ0n) is 15.1. The highest BCUT2D eigenvalue weighted by Crippen LogP contribution is 2.36. The summed E-state index contributed by atoms with van der Waals surface area (Å²) in [6, 6.07) is 21.6. The summed E-state index contributed by atoms with van der Waals surface area (Å²) in [5.41, 5.74) is 1.94. The Balaban J connectivity index is 1.92. The summed E-state index contributed by atoms with van der Waals surface area (Å²) in [5, 5.41) is 4.46. The van der Waals surface area contributed by atoms with E-state index >= 15 is 0 Å². The molecule has 0 aliphatic rings. The van der Waals surface area contributed by atoms with Crippen LogP contribution in [0.2, 0.25) is 0 Å². The van der Waals surface area contributed by atoms with Crippen LogP contribution in [0.25, 0.3) is 22.4 Å². The molecule has 0 bridgehead atoms. The molecule has 0 radical (unpaired) electrons. The summed E-state index contributed by atoms with van der Waals surface area (Å²) in [5.74, 6) is 1.29. The number of nitrogens with zero attached hydrogens (tertiary/aromatic N) is 2. The molecule has 4 aromatic rings. The molecule has 0 spiro atoms. The number of hydrogen-bond acceptors (Lipinski definition) is 4. The number of pyridine rings is 1. The fourth-order valence-corrected chi connectivity index (χ4v) is 2.94. The second kappa shape index (κ2) is 7.36. The van der Waals surface area contributed by atoms with Gasteiger partial charge < -0.3 is 9.72 Å². The van der Waals surface area contributed by atoms with E-state index in [2.05, 4.69) is 10.1 Å². The fraction of sp³-hybridized carbons (Fsp3) is 0.0455. The molecule has 0 aliphatic heterocycles. The summed E-state index contributed by atoms with van der Waals surface area (Å²) >= 11 is 0. The van der Waals surface area contributed by atoms with Crippen LogP contribution in [0.15, 0.2) is 88.6 Å². The Morgan fingerprint density at radius 2 is 1.64 bits per heavy atom. The van der Waals surface area contributed by atoms with Gasteiger partial charge in [-0.3, -0.25) is 9.59 Å². The first-order valence-corrected chi connectivity index (χ1v) is 8.71. The van der Waals surface area contributed by atoms with Gasteiger partial charge in [0.2, 0.25) is 5.56 Å². The van der Waals surface area contributed by atoms with Crippen molar-refractivity contribution in [1.82, 2.24) is 14.8 Å². The monoisotopic (exact) mass is 371 g/mol. The van der Waals surface area contributed by atoms with Gasteiger partial charge in [-0.1, -0.05) is 30.3 Å². The number of para-hydroxylation sites is 2. The van der Waals surface area contributed by atoms with E-state index in [1.807, 2.05) is 54.6 Å². The molecule has 0 fully saturated rings. The molecule has 2 aromatic carbocycles. The van der Waals surface area contributed by atoms with Crippen LogP contribution < -0.4 is 15.9 Å². The van der Waals surface area contributed by atoms with Gasteiger partial charge in [-0.2, -0.15) is 5.10 Å². The van der Waals surface area contributed by atoms with E-state index in [0.29, 0.717) is 28.3 Å². The predicted molar refractivity (Wildman–Crippen MR) is 107 cm³/mol. The summed E-state index contributed by atoms with van der Waals surface area (Å²) in [4.78, 5) is 26.6. The number of rotatable bonds is 4. The van der Waals surface area contributed by atoms with E-state index in [4.69, 9.17) is 4.74 Å². The van der Waals surface area contributed by atoms with E-state index in [0.717, 1.165) is 5.56 Å². The fourth-order valence-electron chi connectivity index (χ4n) is 2.94. The van der Waals surface area contributed by atoms with Gasteiger partial charge in [0.15, 0.2) is 0 Å². The summed E-state index contributed by atoms with van der Waals surface area (Å²) in [6.45, 7) is 0. The highest BCUT2D eigenvalue weighted by Gasteiger charge is 2.16. The molecule has 0 saturated carbocycles. The van der Waals surface area contributed by atoms with Crippen LogP contribution in [0.3, 0.4) is 0 Å². The van der Waals surface area contributed by atoms with Crippen LogP contribution in [-0.2, 0) is 7.05 Å². The number of aryl methyl sites for hydroxylation is 1. The minimum atomic E-state index is -0.263. The molecule has 0 amide bonds. The van der Waals surface area contributed by atoms with Crippen LogP contribution >= 0.6 is 0 Å². The maximum absolute atomic E-state index is 12.2. The summed E-state index contributed by atoms with van der Waals surface area (Å²) < 4.78 is 7.32. The second-order valence-electron chi connectivity index (χ2n) is 6.22. The zero-order valence-corrected chi connectivity index (χ0v) is 15.1. The Morgan fingerprint density at radius 1 is 0.893 bits per heavy atom. The average Bonchev–Trinajstić information content (AvgIpc) is 2.71. The van der Waals surface area contributed by atoms with E-state index in [-0.39, 0.29) is 11.1 Å². The first-order valence-electron chi connectivity index (χ1n) is 8.71. The van der Waals surface area contributed by atoms with Crippen molar-refractivity contribution in [1.29, 1.82) is 0 Å². The Morgan fingerprint density at radius 3 is 2.43 bits per heavy atom. The lowest BCUT2D eigenvalue weighted by Crippen LogP contribution is -2.20. The Labute approximate surface area is 160 Å². The lowest BCUT2D eigenvalue weighted by atomic mass is 10.00. The van der Waals surface area contributed by atoms with Gasteiger partial charge >= 0.3 is 0 Å². The molecular formula is C22H17N3O3. The molecule has 28 heavy (non-hydrogen) atoms. The minimum Gasteiger partial charge on any atom is -0.457 e. The molecule has 0 atom stereocenters. The van der Waals surface area contributed by atoms with E-state index < -0.39 is 0 Å². The van der Waals surface area contributed by atoms with Crippen molar-refractivity contribution in [2.24, 2.45) is 7.05 Å². The first-order chi connectivity index (χ1) is 13.6. The van der Waals surface area contributed by atoms with E-state index in [1.165, 1.54) is 16.8 Å². The molecule has 138 valence electrons. The Kier molecular flexibility index (Phi) is 4.60. The molecule has 4 rings (SSSR count). The third kappa shape index (κ3) is 3.48. The van der Waals surface area contributed by atoms with Gasteiger partial charge in [0, 0.05) is 36.5 Å². The topological polar surface area (TPSA) is 77.0 Å². The normalized spacial score (nSPS) is 10.6. The molecule has 0 unspecified atom stereocenters. The number of hydrogen-bond donors (Lipinski definition) is 1. The van der Waals surface area contributed by atoms with Crippen molar-refractivity contribution in [3.63, 3.8) is 0 Å². The smallest absolute Gasteiger partial charge is 0.267 e. The molecule has 0 saturated heterocycles. The van der Waals surface area contributed by atoms with Gasteiger partial charge in [-0.25, -0.2) is 4.68 Å². The second-order valence-corrected chi connectivity index (χ2v) is 6.22. The third-order valence-electron chi connectivity index (χ3n) is 4.29. The molecule has 2 heterocycles. The maximum atomic E-state index is 12.2. The highest BCUT2D eigenvalue weighted by atomic mass is 16.5. The van der Waals surface area contributed by atoms with E-state index in [1.54, 1.807) is 19.3 Å². The van der Waals surface area contributed by atoms with Crippen LogP contribution in [0.5, 0.6) is 11.5 Å². The number of nitrogens with one attached hydrogen (secondary N) is 1. The average molecular weight is 371 g/mol. The highest BCUT2D eigenvalue weighted by molar-refractivity contribution is 5.83. The molecule has 6 heteroatoms. The van der Waals surface area contributed by atoms with Crippen molar-refractivity contribution in [3.8, 4) is 33.9 Å². The van der Waals surface area contributed by atoms with Gasteiger partial charge in [0.05, 0.1) is 0 Å². The number of benzene rings is 2. The molecule has 1 N–H and O–H groups in total. The number of aromatic amines is 1. The minimum absolute atomic E-state index is 0.252. The standard InChI is InChI=1S/C22H17N3O3/c1-25-21(27)14-18(15-11-12-23-20(26)13-15)22(24-25)17-9-5-6-10-19(17)28-16-7-3-2-4-8-16/h2-14H,1H3,(H,23,26). The lowest BCUT2D eigenvalue weighted by molar-refractivity contribution is 0.484. The number of ether oxygens (including phenoxy) is 1. The van der Waals surface area contributed by atoms with Crippen LogP contribution in [-0.4, -0.2) is 14.8 Å². The van der Waals surface area contributed by atoms with Crippen molar-refractivity contribution >= 4 is 0 Å². The number of H-pyrrole nitrogens is 1. The summed E-state index contributed by atoms with van der Waals surface area (Å²) in [7, 11) is 1.59. The lowest BCUT2D eigenvalue weighted by Gasteiger charge is -2.14. The quantitative estimate of drug-likeness (QED) is 0.595. The Bertz CT molecular complexity index is 1240. The molecule has 2 aromatic heterocycles. The van der Waals surface area contributed by atoms with Gasteiger partial charge in [0.1, 0.15) is 17.2 Å². The molecule has 0 aliphatic carbocycles. The largest absolute Gasteiger partial charge is 0.457 e. The van der Waals surface area contributed by atoms with Crippen LogP contribution in [0.1, 0.15) is 0 Å². The first kappa shape index (κ1) is 17.5. The van der Waals surface area contributed by atoms with Gasteiger partial charge in [0.25, 0.3) is 5.56 Å². The van der Waals surface area contributed by atoms with Crippen molar-refractivity contribution in [2.75, 3.05) is 0 Å². The zero-order chi connectivity index (χ0) is 19.5. The molecular weight excluding hydrogens is 354 g/mol.